The summed E-state index contributed by atoms with van der Waals surface area (Å²) >= 11 is 0. The molecule has 1 fully saturated rings. The average molecular weight is 342 g/mol. The number of urea groups is 1. The van der Waals surface area contributed by atoms with Crippen LogP contribution in [0.5, 0.6) is 11.5 Å². The summed E-state index contributed by atoms with van der Waals surface area (Å²) in [7, 11) is 1.58. The molecule has 0 spiro atoms. The van der Waals surface area contributed by atoms with Gasteiger partial charge in [0.15, 0.2) is 11.5 Å². The number of ether oxygens (including phenoxy) is 3. The number of rotatable bonds is 7. The molecule has 2 amide bonds. The van der Waals surface area contributed by atoms with Crippen LogP contribution in [0.1, 0.15) is 18.5 Å². The third-order valence-corrected chi connectivity index (χ3v) is 3.90. The molecule has 1 aliphatic rings. The zero-order chi connectivity index (χ0) is 17.6. The topological polar surface area (TPSA) is 72.1 Å². The van der Waals surface area contributed by atoms with E-state index < -0.39 is 0 Å². The van der Waals surface area contributed by atoms with Gasteiger partial charge in [-0.2, -0.15) is 0 Å². The van der Waals surface area contributed by atoms with Gasteiger partial charge >= 0.3 is 6.03 Å². The van der Waals surface area contributed by atoms with Crippen LogP contribution in [0.3, 0.4) is 0 Å². The van der Waals surface area contributed by atoms with Crippen molar-refractivity contribution in [3.63, 3.8) is 0 Å². The number of carbonyl (C=O) groups is 1. The predicted molar refractivity (Wildman–Crippen MR) is 95.2 cm³/mol. The zero-order valence-corrected chi connectivity index (χ0v) is 14.3. The lowest BCUT2D eigenvalue weighted by molar-refractivity contribution is 0.249. The minimum absolute atomic E-state index is 0.0952. The summed E-state index contributed by atoms with van der Waals surface area (Å²) in [5.74, 6) is 1.19. The maximum Gasteiger partial charge on any atom is 0.319 e. The molecule has 0 radical (unpaired) electrons. The first kappa shape index (κ1) is 17.1. The molecule has 0 saturated carbocycles. The summed E-state index contributed by atoms with van der Waals surface area (Å²) < 4.78 is 16.1. The monoisotopic (exact) mass is 342 g/mol. The van der Waals surface area contributed by atoms with Crippen molar-refractivity contribution in [2.24, 2.45) is 0 Å². The second-order valence-electron chi connectivity index (χ2n) is 5.86. The van der Waals surface area contributed by atoms with Crippen LogP contribution in [0, 0.1) is 0 Å². The molecule has 0 aliphatic carbocycles. The summed E-state index contributed by atoms with van der Waals surface area (Å²) in [6, 6.07) is 14.7. The van der Waals surface area contributed by atoms with E-state index in [0.717, 1.165) is 12.2 Å². The number of benzene rings is 2. The van der Waals surface area contributed by atoms with Crippen molar-refractivity contribution < 1.29 is 19.0 Å². The molecule has 1 unspecified atom stereocenters. The van der Waals surface area contributed by atoms with Crippen molar-refractivity contribution in [1.82, 2.24) is 5.32 Å². The van der Waals surface area contributed by atoms with Crippen molar-refractivity contribution in [2.75, 3.05) is 25.6 Å². The standard InChI is InChI=1S/C19H22N2O4/c1-13(14-6-4-3-5-7-14)20-19(22)21-15-8-9-17(23-2)18(10-15)25-12-16-11-24-16/h3-10,13,16H,11-12H2,1-2H3,(H2,20,21,22)/t13-,16?/m0/s1. The Balaban J connectivity index is 1.60. The number of methoxy groups -OCH3 is 1. The van der Waals surface area contributed by atoms with Crippen LogP contribution in [0.4, 0.5) is 10.5 Å². The van der Waals surface area contributed by atoms with Crippen molar-refractivity contribution >= 4 is 11.7 Å². The largest absolute Gasteiger partial charge is 0.493 e. The predicted octanol–water partition coefficient (Wildman–Crippen LogP) is 3.36. The molecule has 1 heterocycles. The number of anilines is 1. The molecule has 1 saturated heterocycles. The molecular weight excluding hydrogens is 320 g/mol. The van der Waals surface area contributed by atoms with Gasteiger partial charge in [0.05, 0.1) is 19.8 Å². The second-order valence-corrected chi connectivity index (χ2v) is 5.86. The molecule has 2 N–H and O–H groups in total. The van der Waals surface area contributed by atoms with Gasteiger partial charge in [-0.05, 0) is 24.6 Å². The number of amides is 2. The highest BCUT2D eigenvalue weighted by molar-refractivity contribution is 5.89. The summed E-state index contributed by atoms with van der Waals surface area (Å²) in [5.41, 5.74) is 1.67. The number of epoxide rings is 1. The lowest BCUT2D eigenvalue weighted by Gasteiger charge is -2.16. The molecular formula is C19H22N2O4. The molecule has 25 heavy (non-hydrogen) atoms. The molecule has 1 aliphatic heterocycles. The van der Waals surface area contributed by atoms with Crippen LogP contribution < -0.4 is 20.1 Å². The number of hydrogen-bond acceptors (Lipinski definition) is 4. The van der Waals surface area contributed by atoms with Gasteiger partial charge in [-0.25, -0.2) is 4.79 Å². The Hall–Kier alpha value is -2.73. The van der Waals surface area contributed by atoms with Crippen molar-refractivity contribution in [3.8, 4) is 11.5 Å². The van der Waals surface area contributed by atoms with E-state index in [1.807, 2.05) is 37.3 Å². The van der Waals surface area contributed by atoms with E-state index in [2.05, 4.69) is 10.6 Å². The van der Waals surface area contributed by atoms with E-state index in [9.17, 15) is 4.79 Å². The van der Waals surface area contributed by atoms with Crippen molar-refractivity contribution in [3.05, 3.63) is 54.1 Å². The van der Waals surface area contributed by atoms with Crippen LogP contribution in [0.2, 0.25) is 0 Å². The van der Waals surface area contributed by atoms with Gasteiger partial charge in [0.2, 0.25) is 0 Å². The van der Waals surface area contributed by atoms with Gasteiger partial charge < -0.3 is 24.8 Å². The second kappa shape index (κ2) is 7.90. The Morgan fingerprint density at radius 2 is 2.00 bits per heavy atom. The molecule has 132 valence electrons. The Morgan fingerprint density at radius 3 is 2.68 bits per heavy atom. The highest BCUT2D eigenvalue weighted by atomic mass is 16.6. The number of carbonyl (C=O) groups excluding carboxylic acids is 1. The SMILES string of the molecule is COc1ccc(NC(=O)N[C@@H](C)c2ccccc2)cc1OCC1CO1. The van der Waals surface area contributed by atoms with E-state index in [0.29, 0.717) is 23.8 Å². The molecule has 0 aromatic heterocycles. The van der Waals surface area contributed by atoms with Crippen LogP contribution >= 0.6 is 0 Å². The Bertz CT molecular complexity index is 717. The fraction of sp³-hybridized carbons (Fsp3) is 0.316. The first-order valence-corrected chi connectivity index (χ1v) is 8.20. The molecule has 0 bridgehead atoms. The van der Waals surface area contributed by atoms with E-state index >= 15 is 0 Å². The number of hydrogen-bond donors (Lipinski definition) is 2. The summed E-state index contributed by atoms with van der Waals surface area (Å²) in [6.07, 6.45) is 0.149. The van der Waals surface area contributed by atoms with Gasteiger partial charge in [-0.3, -0.25) is 0 Å². The lowest BCUT2D eigenvalue weighted by Crippen LogP contribution is -2.31. The first-order chi connectivity index (χ1) is 12.2. The fourth-order valence-electron chi connectivity index (χ4n) is 2.40. The van der Waals surface area contributed by atoms with Gasteiger partial charge in [-0.15, -0.1) is 0 Å². The van der Waals surface area contributed by atoms with Crippen LogP contribution in [0.25, 0.3) is 0 Å². The van der Waals surface area contributed by atoms with Crippen molar-refractivity contribution in [1.29, 1.82) is 0 Å². The maximum absolute atomic E-state index is 12.2. The fourth-order valence-corrected chi connectivity index (χ4v) is 2.40. The lowest BCUT2D eigenvalue weighted by atomic mass is 10.1. The molecule has 3 rings (SSSR count). The smallest absolute Gasteiger partial charge is 0.319 e. The highest BCUT2D eigenvalue weighted by Crippen LogP contribution is 2.31. The van der Waals surface area contributed by atoms with E-state index in [4.69, 9.17) is 14.2 Å². The first-order valence-electron chi connectivity index (χ1n) is 8.20. The quantitative estimate of drug-likeness (QED) is 0.757. The van der Waals surface area contributed by atoms with Gasteiger partial charge in [0, 0.05) is 11.8 Å². The Morgan fingerprint density at radius 1 is 1.24 bits per heavy atom. The molecule has 2 aromatic rings. The summed E-state index contributed by atoms with van der Waals surface area (Å²) in [5, 5.41) is 5.73. The number of nitrogens with one attached hydrogen (secondary N) is 2. The molecule has 2 atom stereocenters. The van der Waals surface area contributed by atoms with Gasteiger partial charge in [-0.1, -0.05) is 30.3 Å². The van der Waals surface area contributed by atoms with E-state index in [1.54, 1.807) is 25.3 Å². The molecule has 6 nitrogen and oxygen atoms in total. The zero-order valence-electron chi connectivity index (χ0n) is 14.3. The Kier molecular flexibility index (Phi) is 5.40. The summed E-state index contributed by atoms with van der Waals surface area (Å²) in [4.78, 5) is 12.2. The van der Waals surface area contributed by atoms with Gasteiger partial charge in [0.25, 0.3) is 0 Å². The van der Waals surface area contributed by atoms with Crippen LogP contribution in [-0.2, 0) is 4.74 Å². The van der Waals surface area contributed by atoms with Crippen LogP contribution in [-0.4, -0.2) is 32.5 Å². The maximum atomic E-state index is 12.2. The average Bonchev–Trinajstić information content (AvgIpc) is 3.45. The molecule has 2 aromatic carbocycles. The summed E-state index contributed by atoms with van der Waals surface area (Å²) in [6.45, 7) is 3.13. The minimum Gasteiger partial charge on any atom is -0.493 e. The normalized spacial score (nSPS) is 16.6. The molecule has 6 heteroatoms. The van der Waals surface area contributed by atoms with E-state index in [-0.39, 0.29) is 18.2 Å². The van der Waals surface area contributed by atoms with Crippen molar-refractivity contribution in [2.45, 2.75) is 19.1 Å². The Labute approximate surface area is 147 Å². The third kappa shape index (κ3) is 4.87. The third-order valence-electron chi connectivity index (χ3n) is 3.90. The highest BCUT2D eigenvalue weighted by Gasteiger charge is 2.23. The van der Waals surface area contributed by atoms with Crippen LogP contribution in [0.15, 0.2) is 48.5 Å². The van der Waals surface area contributed by atoms with E-state index in [1.165, 1.54) is 0 Å². The van der Waals surface area contributed by atoms with Gasteiger partial charge in [0.1, 0.15) is 12.7 Å². The minimum atomic E-state index is -0.280.